The highest BCUT2D eigenvalue weighted by Gasteiger charge is 2.42. The molecule has 0 aliphatic carbocycles. The quantitative estimate of drug-likeness (QED) is 0.631. The second kappa shape index (κ2) is 3.82. The van der Waals surface area contributed by atoms with Crippen molar-refractivity contribution in [2.75, 3.05) is 33.2 Å². The summed E-state index contributed by atoms with van der Waals surface area (Å²) in [4.78, 5) is 5.14. The van der Waals surface area contributed by atoms with Crippen LogP contribution in [0.3, 0.4) is 0 Å². The van der Waals surface area contributed by atoms with Gasteiger partial charge in [-0.2, -0.15) is 0 Å². The molecule has 82 valence electrons. The van der Waals surface area contributed by atoms with Crippen molar-refractivity contribution in [3.8, 4) is 0 Å². The maximum Gasteiger partial charge on any atom is 0.00846 e. The molecule has 2 rings (SSSR count). The third kappa shape index (κ3) is 1.96. The summed E-state index contributed by atoms with van der Waals surface area (Å²) in [5.41, 5.74) is 0.662. The van der Waals surface area contributed by atoms with Crippen LogP contribution >= 0.6 is 0 Å². The van der Waals surface area contributed by atoms with Gasteiger partial charge in [0, 0.05) is 31.1 Å². The average molecular weight is 196 g/mol. The first-order valence-electron chi connectivity index (χ1n) is 6.04. The van der Waals surface area contributed by atoms with Crippen molar-refractivity contribution in [2.45, 2.75) is 39.2 Å². The minimum atomic E-state index is 0.662. The summed E-state index contributed by atoms with van der Waals surface area (Å²) in [7, 11) is 2.25. The predicted molar refractivity (Wildman–Crippen MR) is 60.5 cm³/mol. The molecular weight excluding hydrogens is 172 g/mol. The highest BCUT2D eigenvalue weighted by molar-refractivity contribution is 4.97. The van der Waals surface area contributed by atoms with Crippen molar-refractivity contribution >= 4 is 0 Å². The molecule has 2 saturated heterocycles. The topological polar surface area (TPSA) is 6.48 Å². The highest BCUT2D eigenvalue weighted by atomic mass is 15.2. The van der Waals surface area contributed by atoms with Crippen LogP contribution < -0.4 is 0 Å². The molecule has 0 N–H and O–H groups in total. The van der Waals surface area contributed by atoms with Gasteiger partial charge in [-0.3, -0.25) is 0 Å². The van der Waals surface area contributed by atoms with Crippen molar-refractivity contribution in [1.29, 1.82) is 0 Å². The van der Waals surface area contributed by atoms with E-state index in [1.54, 1.807) is 0 Å². The Kier molecular flexibility index (Phi) is 2.85. The van der Waals surface area contributed by atoms with Crippen LogP contribution in [0, 0.1) is 5.41 Å². The lowest BCUT2D eigenvalue weighted by Gasteiger charge is -2.50. The summed E-state index contributed by atoms with van der Waals surface area (Å²) in [6, 6.07) is 0.732. The number of hydrogen-bond donors (Lipinski definition) is 0. The molecule has 0 saturated carbocycles. The summed E-state index contributed by atoms with van der Waals surface area (Å²) in [5.74, 6) is 0. The number of likely N-dealkylation sites (tertiary alicyclic amines) is 2. The molecule has 0 aromatic heterocycles. The van der Waals surface area contributed by atoms with Crippen LogP contribution in [-0.4, -0.2) is 49.1 Å². The van der Waals surface area contributed by atoms with E-state index < -0.39 is 0 Å². The van der Waals surface area contributed by atoms with Crippen LogP contribution in [0.4, 0.5) is 0 Å². The van der Waals surface area contributed by atoms with Crippen molar-refractivity contribution < 1.29 is 0 Å². The molecule has 2 nitrogen and oxygen atoms in total. The minimum Gasteiger partial charge on any atom is -0.305 e. The summed E-state index contributed by atoms with van der Waals surface area (Å²) >= 11 is 0. The summed E-state index contributed by atoms with van der Waals surface area (Å²) in [6.07, 6.45) is 4.31. The van der Waals surface area contributed by atoms with E-state index in [1.165, 1.54) is 45.4 Å². The monoisotopic (exact) mass is 196 g/mol. The number of nitrogens with zero attached hydrogens (tertiary/aromatic N) is 2. The smallest absolute Gasteiger partial charge is 0.00846 e. The van der Waals surface area contributed by atoms with Crippen LogP contribution in [-0.2, 0) is 0 Å². The molecule has 2 aliphatic rings. The Morgan fingerprint density at radius 1 is 1.07 bits per heavy atom. The fraction of sp³-hybridized carbons (Fsp3) is 1.00. The van der Waals surface area contributed by atoms with Crippen LogP contribution in [0.25, 0.3) is 0 Å². The lowest BCUT2D eigenvalue weighted by Crippen LogP contribution is -2.59. The Morgan fingerprint density at radius 3 is 2.36 bits per heavy atom. The van der Waals surface area contributed by atoms with Gasteiger partial charge in [0.15, 0.2) is 0 Å². The van der Waals surface area contributed by atoms with Crippen LogP contribution in [0.5, 0.6) is 0 Å². The fourth-order valence-corrected chi connectivity index (χ4v) is 3.20. The van der Waals surface area contributed by atoms with E-state index in [0.29, 0.717) is 5.41 Å². The zero-order valence-corrected chi connectivity index (χ0v) is 9.92. The normalized spacial score (nSPS) is 29.1. The third-order valence-corrected chi connectivity index (χ3v) is 3.88. The van der Waals surface area contributed by atoms with Gasteiger partial charge in [0.1, 0.15) is 0 Å². The first-order valence-corrected chi connectivity index (χ1v) is 6.04. The Bertz CT molecular complexity index is 194. The van der Waals surface area contributed by atoms with Gasteiger partial charge in [0.2, 0.25) is 0 Å². The second-order valence-electron chi connectivity index (χ2n) is 5.69. The van der Waals surface area contributed by atoms with Gasteiger partial charge in [-0.15, -0.1) is 0 Å². The minimum absolute atomic E-state index is 0.662. The standard InChI is InChI=1S/C12H24N2/c1-11(2)14-7-5-4-6-12(10-14)8-13(3)9-12/h11H,4-10H2,1-3H3. The molecule has 0 unspecified atom stereocenters. The zero-order valence-electron chi connectivity index (χ0n) is 9.92. The van der Waals surface area contributed by atoms with E-state index in [0.717, 1.165) is 6.04 Å². The molecule has 2 aliphatic heterocycles. The number of rotatable bonds is 1. The Balaban J connectivity index is 1.98. The molecule has 2 heterocycles. The van der Waals surface area contributed by atoms with Gasteiger partial charge in [-0.25, -0.2) is 0 Å². The molecule has 0 aromatic rings. The molecule has 0 radical (unpaired) electrons. The summed E-state index contributed by atoms with van der Waals surface area (Å²) in [6.45, 7) is 9.99. The molecule has 0 amide bonds. The SMILES string of the molecule is CC(C)N1CCCCC2(CN(C)C2)C1. The van der Waals surface area contributed by atoms with E-state index in [1.807, 2.05) is 0 Å². The van der Waals surface area contributed by atoms with E-state index in [-0.39, 0.29) is 0 Å². The average Bonchev–Trinajstić information content (AvgIpc) is 2.26. The fourth-order valence-electron chi connectivity index (χ4n) is 3.20. The van der Waals surface area contributed by atoms with E-state index in [9.17, 15) is 0 Å². The van der Waals surface area contributed by atoms with Crippen molar-refractivity contribution in [2.24, 2.45) is 5.41 Å². The molecule has 2 fully saturated rings. The summed E-state index contributed by atoms with van der Waals surface area (Å²) in [5, 5.41) is 0. The molecule has 1 spiro atoms. The first-order chi connectivity index (χ1) is 6.61. The summed E-state index contributed by atoms with van der Waals surface area (Å²) < 4.78 is 0. The van der Waals surface area contributed by atoms with Gasteiger partial charge in [0.25, 0.3) is 0 Å². The van der Waals surface area contributed by atoms with E-state index >= 15 is 0 Å². The van der Waals surface area contributed by atoms with E-state index in [2.05, 4.69) is 30.7 Å². The molecule has 0 atom stereocenters. The molecular formula is C12H24N2. The van der Waals surface area contributed by atoms with Crippen molar-refractivity contribution in [1.82, 2.24) is 9.80 Å². The van der Waals surface area contributed by atoms with Crippen molar-refractivity contribution in [3.63, 3.8) is 0 Å². The highest BCUT2D eigenvalue weighted by Crippen LogP contribution is 2.37. The molecule has 2 heteroatoms. The van der Waals surface area contributed by atoms with Gasteiger partial charge < -0.3 is 9.80 Å². The molecule has 14 heavy (non-hydrogen) atoms. The Morgan fingerprint density at radius 2 is 1.79 bits per heavy atom. The molecule has 0 bridgehead atoms. The number of hydrogen-bond acceptors (Lipinski definition) is 2. The molecule has 0 aromatic carbocycles. The maximum atomic E-state index is 2.68. The van der Waals surface area contributed by atoms with Gasteiger partial charge in [-0.05, 0) is 40.3 Å². The Hall–Kier alpha value is -0.0800. The lowest BCUT2D eigenvalue weighted by molar-refractivity contribution is -0.0127. The zero-order chi connectivity index (χ0) is 10.2. The van der Waals surface area contributed by atoms with Gasteiger partial charge in [-0.1, -0.05) is 6.42 Å². The third-order valence-electron chi connectivity index (χ3n) is 3.88. The largest absolute Gasteiger partial charge is 0.305 e. The van der Waals surface area contributed by atoms with Crippen LogP contribution in [0.15, 0.2) is 0 Å². The van der Waals surface area contributed by atoms with E-state index in [4.69, 9.17) is 0 Å². The van der Waals surface area contributed by atoms with Crippen molar-refractivity contribution in [3.05, 3.63) is 0 Å². The van der Waals surface area contributed by atoms with Crippen LogP contribution in [0.1, 0.15) is 33.1 Å². The first kappa shape index (κ1) is 10.4. The predicted octanol–water partition coefficient (Wildman–Crippen LogP) is 1.81. The van der Waals surface area contributed by atoms with Gasteiger partial charge in [0.05, 0.1) is 0 Å². The lowest BCUT2D eigenvalue weighted by atomic mass is 9.76. The van der Waals surface area contributed by atoms with Gasteiger partial charge >= 0.3 is 0 Å². The maximum absolute atomic E-state index is 2.68. The Labute approximate surface area is 88.3 Å². The second-order valence-corrected chi connectivity index (χ2v) is 5.69. The van der Waals surface area contributed by atoms with Crippen LogP contribution in [0.2, 0.25) is 0 Å².